The smallest absolute Gasteiger partial charge is 0.322 e. The van der Waals surface area contributed by atoms with Gasteiger partial charge in [-0.05, 0) is 42.2 Å². The molecule has 0 spiro atoms. The third kappa shape index (κ3) is 4.08. The number of nitrogens with one attached hydrogen (secondary N) is 1. The van der Waals surface area contributed by atoms with Crippen LogP contribution >= 0.6 is 11.6 Å². The molecule has 152 valence electrons. The molecule has 2 unspecified atom stereocenters. The van der Waals surface area contributed by atoms with Gasteiger partial charge in [-0.1, -0.05) is 41.9 Å². The monoisotopic (exact) mass is 415 g/mol. The van der Waals surface area contributed by atoms with Crippen LogP contribution in [0.2, 0.25) is 5.02 Å². The molecule has 5 nitrogen and oxygen atoms in total. The van der Waals surface area contributed by atoms with Gasteiger partial charge in [0.2, 0.25) is 5.91 Å². The molecule has 2 aliphatic heterocycles. The van der Waals surface area contributed by atoms with Gasteiger partial charge >= 0.3 is 6.03 Å². The highest BCUT2D eigenvalue weighted by atomic mass is 35.5. The van der Waals surface area contributed by atoms with Crippen LogP contribution in [-0.4, -0.2) is 47.0 Å². The van der Waals surface area contributed by atoms with Crippen molar-refractivity contribution in [2.45, 2.75) is 38.5 Å². The van der Waals surface area contributed by atoms with Crippen LogP contribution in [0.4, 0.5) is 14.9 Å². The largest absolute Gasteiger partial charge is 0.336 e. The third-order valence-electron chi connectivity index (χ3n) is 5.60. The number of carbonyl (C=O) groups is 2. The van der Waals surface area contributed by atoms with Gasteiger partial charge in [0, 0.05) is 19.5 Å². The topological polar surface area (TPSA) is 52.7 Å². The summed E-state index contributed by atoms with van der Waals surface area (Å²) in [6.07, 6.45) is -0.439. The first-order chi connectivity index (χ1) is 13.9. The zero-order chi connectivity index (χ0) is 20.5. The zero-order valence-electron chi connectivity index (χ0n) is 16.2. The number of alkyl halides is 1. The average molecular weight is 416 g/mol. The van der Waals surface area contributed by atoms with Gasteiger partial charge in [-0.25, -0.2) is 9.18 Å². The van der Waals surface area contributed by atoms with Crippen molar-refractivity contribution in [2.24, 2.45) is 0 Å². The maximum absolute atomic E-state index is 14.2. The second-order valence-corrected chi connectivity index (χ2v) is 8.10. The van der Waals surface area contributed by atoms with E-state index in [4.69, 9.17) is 11.6 Å². The van der Waals surface area contributed by atoms with Crippen molar-refractivity contribution in [3.8, 4) is 0 Å². The zero-order valence-corrected chi connectivity index (χ0v) is 17.0. The lowest BCUT2D eigenvalue weighted by Crippen LogP contribution is -2.50. The number of urea groups is 1. The Bertz CT molecular complexity index is 951. The molecule has 0 saturated carbocycles. The highest BCUT2D eigenvalue weighted by Crippen LogP contribution is 2.28. The lowest BCUT2D eigenvalue weighted by atomic mass is 9.99. The second-order valence-electron chi connectivity index (χ2n) is 7.69. The number of fused-ring (bicyclic) bond motifs is 1. The maximum atomic E-state index is 14.2. The van der Waals surface area contributed by atoms with Crippen LogP contribution in [0.15, 0.2) is 42.5 Å². The van der Waals surface area contributed by atoms with Gasteiger partial charge in [-0.2, -0.15) is 0 Å². The molecule has 29 heavy (non-hydrogen) atoms. The van der Waals surface area contributed by atoms with Crippen molar-refractivity contribution in [1.82, 2.24) is 9.80 Å². The van der Waals surface area contributed by atoms with E-state index < -0.39 is 18.2 Å². The van der Waals surface area contributed by atoms with E-state index in [0.29, 0.717) is 23.8 Å². The van der Waals surface area contributed by atoms with Gasteiger partial charge in [-0.15, -0.1) is 0 Å². The molecular formula is C22H23ClFN3O2. The van der Waals surface area contributed by atoms with Gasteiger partial charge in [-0.3, -0.25) is 4.79 Å². The molecule has 0 radical (unpaired) electrons. The quantitative estimate of drug-likeness (QED) is 0.800. The first-order valence-corrected chi connectivity index (χ1v) is 10.1. The fourth-order valence-corrected chi connectivity index (χ4v) is 4.33. The number of carbonyl (C=O) groups excluding carboxylic acids is 2. The normalized spacial score (nSPS) is 21.1. The van der Waals surface area contributed by atoms with Gasteiger partial charge in [0.15, 0.2) is 0 Å². The standard InChI is InChI=1S/C22H23ClFN3O2/c1-14-6-7-19(18(23)10-14)25-22(29)27-13-17(24)11-20(27)21(28)26-9-8-15-4-2-3-5-16(15)12-26/h2-7,10,17,20H,8-9,11-13H2,1H3,(H,25,29). The molecule has 1 fully saturated rings. The summed E-state index contributed by atoms with van der Waals surface area (Å²) in [5, 5.41) is 3.13. The van der Waals surface area contributed by atoms with Crippen LogP contribution in [0.5, 0.6) is 0 Å². The van der Waals surface area contributed by atoms with E-state index in [9.17, 15) is 14.0 Å². The van der Waals surface area contributed by atoms with Crippen molar-refractivity contribution in [3.63, 3.8) is 0 Å². The number of amides is 3. The predicted octanol–water partition coefficient (Wildman–Crippen LogP) is 4.18. The molecule has 2 heterocycles. The van der Waals surface area contributed by atoms with Crippen molar-refractivity contribution in [2.75, 3.05) is 18.4 Å². The van der Waals surface area contributed by atoms with Crippen LogP contribution in [0.3, 0.4) is 0 Å². The molecule has 2 atom stereocenters. The predicted molar refractivity (Wildman–Crippen MR) is 111 cm³/mol. The van der Waals surface area contributed by atoms with Crippen LogP contribution in [0.25, 0.3) is 0 Å². The van der Waals surface area contributed by atoms with E-state index in [2.05, 4.69) is 11.4 Å². The lowest BCUT2D eigenvalue weighted by molar-refractivity contribution is -0.136. The number of halogens is 2. The molecule has 0 aliphatic carbocycles. The summed E-state index contributed by atoms with van der Waals surface area (Å²) in [5.41, 5.74) is 3.75. The molecule has 4 rings (SSSR count). The minimum Gasteiger partial charge on any atom is -0.336 e. The summed E-state index contributed by atoms with van der Waals surface area (Å²) in [6, 6.07) is 12.0. The highest BCUT2D eigenvalue weighted by Gasteiger charge is 2.42. The van der Waals surface area contributed by atoms with E-state index in [1.165, 1.54) is 10.5 Å². The number of likely N-dealkylation sites (tertiary alicyclic amines) is 1. The van der Waals surface area contributed by atoms with Gasteiger partial charge in [0.1, 0.15) is 12.2 Å². The summed E-state index contributed by atoms with van der Waals surface area (Å²) in [5.74, 6) is -0.204. The van der Waals surface area contributed by atoms with Crippen LogP contribution in [0, 0.1) is 6.92 Å². The Kier molecular flexibility index (Phi) is 5.46. The number of benzene rings is 2. The number of anilines is 1. The number of hydrogen-bond donors (Lipinski definition) is 1. The first-order valence-electron chi connectivity index (χ1n) is 9.76. The molecule has 2 aromatic carbocycles. The highest BCUT2D eigenvalue weighted by molar-refractivity contribution is 6.33. The number of rotatable bonds is 2. The van der Waals surface area contributed by atoms with Crippen LogP contribution < -0.4 is 5.32 Å². The Morgan fingerprint density at radius 3 is 2.69 bits per heavy atom. The molecule has 1 saturated heterocycles. The molecular weight excluding hydrogens is 393 g/mol. The van der Waals surface area contributed by atoms with Crippen molar-refractivity contribution < 1.29 is 14.0 Å². The summed E-state index contributed by atoms with van der Waals surface area (Å²) in [4.78, 5) is 29.0. The van der Waals surface area contributed by atoms with E-state index in [0.717, 1.165) is 17.5 Å². The number of aryl methyl sites for hydroxylation is 1. The molecule has 2 aliphatic rings. The lowest BCUT2D eigenvalue weighted by Gasteiger charge is -2.33. The summed E-state index contributed by atoms with van der Waals surface area (Å²) in [7, 11) is 0. The Morgan fingerprint density at radius 2 is 1.93 bits per heavy atom. The molecule has 3 amide bonds. The van der Waals surface area contributed by atoms with E-state index in [1.807, 2.05) is 31.2 Å². The Balaban J connectivity index is 1.49. The molecule has 1 N–H and O–H groups in total. The van der Waals surface area contributed by atoms with Gasteiger partial charge in [0.05, 0.1) is 17.3 Å². The minimum absolute atomic E-state index is 0.0199. The Morgan fingerprint density at radius 1 is 1.17 bits per heavy atom. The first kappa shape index (κ1) is 19.7. The fourth-order valence-electron chi connectivity index (χ4n) is 4.05. The summed E-state index contributed by atoms with van der Waals surface area (Å²) >= 11 is 6.20. The van der Waals surface area contributed by atoms with Crippen LogP contribution in [0.1, 0.15) is 23.1 Å². The number of hydrogen-bond acceptors (Lipinski definition) is 2. The fraction of sp³-hybridized carbons (Fsp3) is 0.364. The average Bonchev–Trinajstić information content (AvgIpc) is 3.11. The molecule has 0 bridgehead atoms. The third-order valence-corrected chi connectivity index (χ3v) is 5.92. The van der Waals surface area contributed by atoms with E-state index in [1.54, 1.807) is 17.0 Å². The van der Waals surface area contributed by atoms with Crippen molar-refractivity contribution in [3.05, 3.63) is 64.2 Å². The summed E-state index contributed by atoms with van der Waals surface area (Å²) in [6.45, 7) is 2.86. The molecule has 0 aromatic heterocycles. The van der Waals surface area contributed by atoms with Crippen molar-refractivity contribution >= 4 is 29.2 Å². The maximum Gasteiger partial charge on any atom is 0.322 e. The Hall–Kier alpha value is -2.60. The van der Waals surface area contributed by atoms with Gasteiger partial charge in [0.25, 0.3) is 0 Å². The van der Waals surface area contributed by atoms with Crippen molar-refractivity contribution in [1.29, 1.82) is 0 Å². The SMILES string of the molecule is Cc1ccc(NC(=O)N2CC(F)CC2C(=O)N2CCc3ccccc3C2)c(Cl)c1. The van der Waals surface area contributed by atoms with Crippen LogP contribution in [-0.2, 0) is 17.8 Å². The second kappa shape index (κ2) is 8.03. The summed E-state index contributed by atoms with van der Waals surface area (Å²) < 4.78 is 14.2. The Labute approximate surface area is 174 Å². The molecule has 7 heteroatoms. The van der Waals surface area contributed by atoms with Gasteiger partial charge < -0.3 is 15.1 Å². The van der Waals surface area contributed by atoms with E-state index in [-0.39, 0.29) is 18.9 Å². The van der Waals surface area contributed by atoms with E-state index >= 15 is 0 Å². The minimum atomic E-state index is -1.22. The number of nitrogens with zero attached hydrogens (tertiary/aromatic N) is 2. The molecule has 2 aromatic rings.